The molecule has 0 saturated carbocycles. The van der Waals surface area contributed by atoms with Gasteiger partial charge in [-0.3, -0.25) is 4.79 Å². The van der Waals surface area contributed by atoms with Crippen LogP contribution in [0, 0.1) is 17.2 Å². The highest BCUT2D eigenvalue weighted by Gasteiger charge is 2.38. The minimum absolute atomic E-state index is 0.0489. The lowest BCUT2D eigenvalue weighted by Crippen LogP contribution is -2.50. The first kappa shape index (κ1) is 18.7. The molecule has 0 bridgehead atoms. The number of anilines is 2. The Morgan fingerprint density at radius 1 is 1.37 bits per heavy atom. The van der Waals surface area contributed by atoms with Gasteiger partial charge in [0.25, 0.3) is 0 Å². The zero-order valence-corrected chi connectivity index (χ0v) is 15.5. The maximum Gasteiger partial charge on any atom is 0.248 e. The van der Waals surface area contributed by atoms with Crippen molar-refractivity contribution in [3.63, 3.8) is 0 Å². The number of nitrogens with zero attached hydrogens (tertiary/aromatic N) is 3. The van der Waals surface area contributed by atoms with Crippen molar-refractivity contribution < 1.29 is 9.90 Å². The summed E-state index contributed by atoms with van der Waals surface area (Å²) >= 11 is 0. The summed E-state index contributed by atoms with van der Waals surface area (Å²) in [6.07, 6.45) is 0.844. The fraction of sp³-hybridized carbons (Fsp3) is 0.350. The highest BCUT2D eigenvalue weighted by atomic mass is 16.3. The molecular weight excluding hydrogens is 342 g/mol. The number of nitriles is 1. The van der Waals surface area contributed by atoms with E-state index in [1.54, 1.807) is 31.2 Å². The van der Waals surface area contributed by atoms with Crippen LogP contribution in [0.1, 0.15) is 48.3 Å². The number of nitrogens with one attached hydrogen (secondary N) is 1. The molecule has 1 amide bonds. The molecule has 0 fully saturated rings. The molecule has 7 heteroatoms. The number of hydrogen-bond donors (Lipinski definition) is 3. The van der Waals surface area contributed by atoms with Crippen molar-refractivity contribution in [2.45, 2.75) is 39.1 Å². The molecule has 2 heterocycles. The fourth-order valence-electron chi connectivity index (χ4n) is 3.68. The van der Waals surface area contributed by atoms with E-state index >= 15 is 0 Å². The van der Waals surface area contributed by atoms with Gasteiger partial charge in [-0.05, 0) is 49.7 Å². The summed E-state index contributed by atoms with van der Waals surface area (Å²) in [5, 5.41) is 22.6. The van der Waals surface area contributed by atoms with E-state index in [9.17, 15) is 9.90 Å². The van der Waals surface area contributed by atoms with Gasteiger partial charge in [-0.2, -0.15) is 5.26 Å². The monoisotopic (exact) mass is 365 g/mol. The number of nitrogens with two attached hydrogens (primary N) is 1. The van der Waals surface area contributed by atoms with Gasteiger partial charge >= 0.3 is 0 Å². The summed E-state index contributed by atoms with van der Waals surface area (Å²) in [6.45, 7) is 5.87. The first-order valence-corrected chi connectivity index (χ1v) is 8.86. The first-order valence-electron chi connectivity index (χ1n) is 8.86. The number of carbonyl (C=O) groups is 1. The van der Waals surface area contributed by atoms with Gasteiger partial charge in [0, 0.05) is 29.4 Å². The number of pyridine rings is 1. The maximum atomic E-state index is 11.7. The Balaban J connectivity index is 2.06. The molecule has 4 N–H and O–H groups in total. The Morgan fingerprint density at radius 3 is 2.67 bits per heavy atom. The minimum atomic E-state index is -0.672. The number of hydrogen-bond acceptors (Lipinski definition) is 6. The second-order valence-electron chi connectivity index (χ2n) is 6.94. The second kappa shape index (κ2) is 7.25. The highest BCUT2D eigenvalue weighted by Crippen LogP contribution is 2.43. The van der Waals surface area contributed by atoms with Crippen molar-refractivity contribution in [3.8, 4) is 6.07 Å². The normalized spacial score (nSPS) is 22.5. The van der Waals surface area contributed by atoms with Crippen LogP contribution >= 0.6 is 0 Å². The van der Waals surface area contributed by atoms with Gasteiger partial charge in [0.2, 0.25) is 5.91 Å². The van der Waals surface area contributed by atoms with Gasteiger partial charge < -0.3 is 21.1 Å². The van der Waals surface area contributed by atoms with E-state index in [1.165, 1.54) is 6.20 Å². The lowest BCUT2D eigenvalue weighted by Gasteiger charge is -2.46. The van der Waals surface area contributed by atoms with E-state index in [0.717, 1.165) is 11.3 Å². The van der Waals surface area contributed by atoms with Crippen LogP contribution in [0.3, 0.4) is 0 Å². The molecule has 7 nitrogen and oxygen atoms in total. The van der Waals surface area contributed by atoms with Gasteiger partial charge in [-0.25, -0.2) is 4.98 Å². The number of aliphatic hydroxyl groups excluding tert-OH is 1. The minimum Gasteiger partial charge on any atom is -0.374 e. The number of primary amides is 1. The molecule has 140 valence electrons. The quantitative estimate of drug-likeness (QED) is 0.766. The van der Waals surface area contributed by atoms with Crippen LogP contribution in [0.5, 0.6) is 0 Å². The third-order valence-corrected chi connectivity index (χ3v) is 5.25. The number of aliphatic hydroxyl groups is 1. The van der Waals surface area contributed by atoms with Crippen molar-refractivity contribution >= 4 is 17.4 Å². The lowest BCUT2D eigenvalue weighted by molar-refractivity contribution is 0.1000. The Labute approximate surface area is 158 Å². The number of amides is 1. The molecule has 27 heavy (non-hydrogen) atoms. The molecular formula is C20H23N5O2. The SMILES string of the molecule is CC(O)N1c2ccc(C(N)=O)cc2[C@H](Nc2ccc(C#N)cn2)[C@@H](C)[C@@H]1C. The first-order chi connectivity index (χ1) is 12.8. The second-order valence-corrected chi connectivity index (χ2v) is 6.94. The Morgan fingerprint density at radius 2 is 2.11 bits per heavy atom. The van der Waals surface area contributed by atoms with E-state index in [0.29, 0.717) is 16.9 Å². The molecule has 1 unspecified atom stereocenters. The van der Waals surface area contributed by atoms with Gasteiger partial charge in [0.15, 0.2) is 0 Å². The zero-order valence-electron chi connectivity index (χ0n) is 15.5. The number of aromatic nitrogens is 1. The molecule has 1 aliphatic rings. The topological polar surface area (TPSA) is 115 Å². The highest BCUT2D eigenvalue weighted by molar-refractivity contribution is 5.93. The standard InChI is InChI=1S/C20H23N5O2/c1-11-12(2)25(13(3)26)17-6-5-15(20(22)27)8-16(17)19(11)24-18-7-4-14(9-21)10-23-18/h4-8,10-13,19,26H,1-3H3,(H2,22,27)(H,23,24)/t11-,12-,13?,19+/m0/s1. The van der Waals surface area contributed by atoms with Crippen LogP contribution in [-0.4, -0.2) is 28.3 Å². The third-order valence-electron chi connectivity index (χ3n) is 5.25. The molecule has 4 atom stereocenters. The van der Waals surface area contributed by atoms with Crippen molar-refractivity contribution in [1.29, 1.82) is 5.26 Å². The molecule has 0 spiro atoms. The van der Waals surface area contributed by atoms with Crippen molar-refractivity contribution in [3.05, 3.63) is 53.2 Å². The van der Waals surface area contributed by atoms with E-state index in [1.807, 2.05) is 11.0 Å². The third kappa shape index (κ3) is 3.44. The van der Waals surface area contributed by atoms with E-state index in [-0.39, 0.29) is 18.0 Å². The van der Waals surface area contributed by atoms with Gasteiger partial charge in [0.05, 0.1) is 11.6 Å². The van der Waals surface area contributed by atoms with E-state index in [4.69, 9.17) is 11.0 Å². The molecule has 0 saturated heterocycles. The maximum absolute atomic E-state index is 11.7. The van der Waals surface area contributed by atoms with Crippen LogP contribution < -0.4 is 16.0 Å². The summed E-state index contributed by atoms with van der Waals surface area (Å²) in [7, 11) is 0. The van der Waals surface area contributed by atoms with Crippen LogP contribution in [-0.2, 0) is 0 Å². The zero-order chi connectivity index (χ0) is 19.7. The smallest absolute Gasteiger partial charge is 0.248 e. The van der Waals surface area contributed by atoms with Crippen LogP contribution in [0.2, 0.25) is 0 Å². The Bertz CT molecular complexity index is 888. The number of rotatable bonds is 4. The average Bonchev–Trinajstić information content (AvgIpc) is 2.65. The summed E-state index contributed by atoms with van der Waals surface area (Å²) in [6, 6.07) is 10.7. The predicted molar refractivity (Wildman–Crippen MR) is 103 cm³/mol. The summed E-state index contributed by atoms with van der Waals surface area (Å²) in [5.74, 6) is 0.245. The average molecular weight is 365 g/mol. The molecule has 0 radical (unpaired) electrons. The molecule has 1 aromatic heterocycles. The van der Waals surface area contributed by atoms with Crippen LogP contribution in [0.25, 0.3) is 0 Å². The van der Waals surface area contributed by atoms with Crippen LogP contribution in [0.4, 0.5) is 11.5 Å². The number of carbonyl (C=O) groups excluding carboxylic acids is 1. The number of fused-ring (bicyclic) bond motifs is 1. The molecule has 3 rings (SSSR count). The largest absolute Gasteiger partial charge is 0.374 e. The van der Waals surface area contributed by atoms with Crippen molar-refractivity contribution in [1.82, 2.24) is 4.98 Å². The molecule has 2 aromatic rings. The van der Waals surface area contributed by atoms with Gasteiger partial charge in [-0.1, -0.05) is 6.92 Å². The Kier molecular flexibility index (Phi) is 5.02. The summed E-state index contributed by atoms with van der Waals surface area (Å²) in [4.78, 5) is 17.9. The van der Waals surface area contributed by atoms with Crippen molar-refractivity contribution in [2.24, 2.45) is 11.7 Å². The fourth-order valence-corrected chi connectivity index (χ4v) is 3.68. The Hall–Kier alpha value is -3.11. The predicted octanol–water partition coefficient (Wildman–Crippen LogP) is 2.39. The molecule has 1 aromatic carbocycles. The number of benzene rings is 1. The van der Waals surface area contributed by atoms with E-state index in [2.05, 4.69) is 30.2 Å². The molecule has 1 aliphatic heterocycles. The van der Waals surface area contributed by atoms with E-state index < -0.39 is 12.1 Å². The summed E-state index contributed by atoms with van der Waals surface area (Å²) < 4.78 is 0. The van der Waals surface area contributed by atoms with Gasteiger partial charge in [0.1, 0.15) is 18.1 Å². The van der Waals surface area contributed by atoms with Crippen molar-refractivity contribution in [2.75, 3.05) is 10.2 Å². The molecule has 0 aliphatic carbocycles. The van der Waals surface area contributed by atoms with Gasteiger partial charge in [-0.15, -0.1) is 0 Å². The lowest BCUT2D eigenvalue weighted by atomic mass is 9.82. The summed E-state index contributed by atoms with van der Waals surface area (Å²) in [5.41, 5.74) is 8.11. The van der Waals surface area contributed by atoms with Crippen LogP contribution in [0.15, 0.2) is 36.5 Å².